The van der Waals surface area contributed by atoms with E-state index in [0.717, 1.165) is 149 Å². The Bertz CT molecular complexity index is 2710. The monoisotopic (exact) mass is 910 g/mol. The maximum Gasteiger partial charge on any atom is 0.191 e. The van der Waals surface area contributed by atoms with E-state index in [1.54, 1.807) is 0 Å². The van der Waals surface area contributed by atoms with Crippen molar-refractivity contribution in [1.82, 2.24) is 70.7 Å². The molecule has 0 radical (unpaired) electrons. The zero-order valence-electron chi connectivity index (χ0n) is 39.0. The summed E-state index contributed by atoms with van der Waals surface area (Å²) in [5.74, 6) is 0.921. The van der Waals surface area contributed by atoms with Crippen LogP contribution in [0.15, 0.2) is 127 Å². The Morgan fingerprint density at radius 3 is 1.99 bits per heavy atom. The van der Waals surface area contributed by atoms with E-state index in [1.807, 2.05) is 58.2 Å². The number of nitrogens with one attached hydrogen (secondary N) is 3. The van der Waals surface area contributed by atoms with Gasteiger partial charge in [-0.1, -0.05) is 59.0 Å². The molecule has 0 bridgehead atoms. The summed E-state index contributed by atoms with van der Waals surface area (Å²) < 4.78 is 3.74. The van der Waals surface area contributed by atoms with E-state index in [2.05, 4.69) is 124 Å². The van der Waals surface area contributed by atoms with Crippen LogP contribution < -0.4 is 16.0 Å². The molecule has 0 saturated heterocycles. The zero-order chi connectivity index (χ0) is 45.7. The fourth-order valence-electron chi connectivity index (χ4n) is 10.0. The van der Waals surface area contributed by atoms with Crippen molar-refractivity contribution in [2.24, 2.45) is 4.99 Å². The Kier molecular flexibility index (Phi) is 14.9. The lowest BCUT2D eigenvalue weighted by Gasteiger charge is -2.35. The highest BCUT2D eigenvalue weighted by atomic mass is 15.4. The molecule has 5 aromatic heterocycles. The lowest BCUT2D eigenvalue weighted by atomic mass is 9.89. The summed E-state index contributed by atoms with van der Waals surface area (Å²) in [6.07, 6.45) is 18.9. The molecule has 2 aliphatic carbocycles. The fraction of sp³-hybridized carbons (Fsp3) is 0.396. The average Bonchev–Trinajstić information content (AvgIpc) is 4.21. The summed E-state index contributed by atoms with van der Waals surface area (Å²) in [5, 5.41) is 28.6. The van der Waals surface area contributed by atoms with Crippen LogP contribution >= 0.6 is 0 Å². The van der Waals surface area contributed by atoms with Crippen molar-refractivity contribution in [2.75, 3.05) is 39.3 Å². The summed E-state index contributed by atoms with van der Waals surface area (Å²) >= 11 is 0. The average molecular weight is 910 g/mol. The largest absolute Gasteiger partial charge is 0.356 e. The molecule has 2 atom stereocenters. The molecule has 350 valence electrons. The topological polar surface area (TPSA) is 155 Å². The van der Waals surface area contributed by atoms with Crippen LogP contribution in [0.2, 0.25) is 0 Å². The van der Waals surface area contributed by atoms with Gasteiger partial charge in [-0.2, -0.15) is 0 Å². The molecule has 15 nitrogen and oxygen atoms in total. The van der Waals surface area contributed by atoms with E-state index in [1.165, 1.54) is 28.9 Å². The smallest absolute Gasteiger partial charge is 0.191 e. The first kappa shape index (κ1) is 45.1. The van der Waals surface area contributed by atoms with Gasteiger partial charge in [0.1, 0.15) is 0 Å². The Labute approximate surface area is 399 Å². The fourth-order valence-corrected chi connectivity index (χ4v) is 10.0. The third-order valence-corrected chi connectivity index (χ3v) is 13.4. The van der Waals surface area contributed by atoms with Gasteiger partial charge in [0.05, 0.1) is 76.6 Å². The van der Waals surface area contributed by atoms with E-state index in [4.69, 9.17) is 15.0 Å². The van der Waals surface area contributed by atoms with Gasteiger partial charge in [0.15, 0.2) is 5.96 Å². The molecule has 7 aromatic rings. The summed E-state index contributed by atoms with van der Waals surface area (Å²) in [6.45, 7) is 7.61. The van der Waals surface area contributed by atoms with Crippen LogP contribution in [-0.4, -0.2) is 100.0 Å². The van der Waals surface area contributed by atoms with Gasteiger partial charge in [-0.05, 0) is 144 Å². The molecular formula is C53H63N15. The van der Waals surface area contributed by atoms with Crippen molar-refractivity contribution in [3.8, 4) is 22.6 Å². The van der Waals surface area contributed by atoms with Gasteiger partial charge in [0, 0.05) is 50.7 Å². The van der Waals surface area contributed by atoms with Gasteiger partial charge >= 0.3 is 0 Å². The van der Waals surface area contributed by atoms with Gasteiger partial charge in [0.25, 0.3) is 0 Å². The molecule has 68 heavy (non-hydrogen) atoms. The Morgan fingerprint density at radius 2 is 1.31 bits per heavy atom. The van der Waals surface area contributed by atoms with Crippen LogP contribution in [0.3, 0.4) is 0 Å². The first-order valence-electron chi connectivity index (χ1n) is 24.7. The second-order valence-corrected chi connectivity index (χ2v) is 18.2. The van der Waals surface area contributed by atoms with Crippen molar-refractivity contribution in [2.45, 2.75) is 95.9 Å². The standard InChI is InChI=1S/C53H63N15/c1-3-19-46(20-4-1)67-38-44(61-63-67)36-65(49-24-11-15-40-17-14-28-55-51(40)49)31-9-7-26-54-35-43-18-13-23-48(60-43)42-33-41-16-12-25-50(52(41)59-34-42)66(32-10-8-27-56-53-57-29-30-58-53)37-45-39-68(64-62-45)47-21-5-2-6-22-47/h1-6,13-14,17-23,28,33-34,38-39,49-50,54H,7-12,15-16,24-27,29-32,35-37H2,(H2,56,57,58). The highest BCUT2D eigenvalue weighted by molar-refractivity contribution is 5.81. The van der Waals surface area contributed by atoms with Crippen LogP contribution in [0, 0.1) is 0 Å². The van der Waals surface area contributed by atoms with Crippen LogP contribution in [-0.2, 0) is 32.5 Å². The number of para-hydroxylation sites is 2. The number of hydrogen-bond acceptors (Lipinski definition) is 13. The van der Waals surface area contributed by atoms with Crippen LogP contribution in [0.5, 0.6) is 0 Å². The molecule has 6 heterocycles. The molecule has 3 aliphatic rings. The maximum absolute atomic E-state index is 5.22. The number of aliphatic imine (C=N–C) groups is 1. The summed E-state index contributed by atoms with van der Waals surface area (Å²) in [6, 6.07) is 33.9. The van der Waals surface area contributed by atoms with Crippen LogP contribution in [0.4, 0.5) is 0 Å². The molecule has 0 fully saturated rings. The van der Waals surface area contributed by atoms with Gasteiger partial charge < -0.3 is 16.0 Å². The minimum absolute atomic E-state index is 0.199. The highest BCUT2D eigenvalue weighted by Crippen LogP contribution is 2.36. The molecule has 2 aromatic carbocycles. The van der Waals surface area contributed by atoms with Crippen molar-refractivity contribution >= 4 is 5.96 Å². The molecule has 15 heteroatoms. The van der Waals surface area contributed by atoms with Gasteiger partial charge in [-0.15, -0.1) is 10.2 Å². The number of rotatable bonds is 21. The van der Waals surface area contributed by atoms with E-state index >= 15 is 0 Å². The minimum atomic E-state index is 0.199. The van der Waals surface area contributed by atoms with Crippen molar-refractivity contribution in [3.05, 3.63) is 161 Å². The van der Waals surface area contributed by atoms with E-state index < -0.39 is 0 Å². The molecule has 1 aliphatic heterocycles. The zero-order valence-corrected chi connectivity index (χ0v) is 39.0. The quantitative estimate of drug-likeness (QED) is 0.0618. The Balaban J connectivity index is 0.757. The Hall–Kier alpha value is -6.68. The van der Waals surface area contributed by atoms with Crippen molar-refractivity contribution in [1.29, 1.82) is 0 Å². The van der Waals surface area contributed by atoms with E-state index in [0.29, 0.717) is 13.1 Å². The molecule has 0 saturated carbocycles. The lowest BCUT2D eigenvalue weighted by molar-refractivity contribution is 0.160. The second-order valence-electron chi connectivity index (χ2n) is 18.2. The van der Waals surface area contributed by atoms with Gasteiger partial charge in [-0.3, -0.25) is 29.7 Å². The summed E-state index contributed by atoms with van der Waals surface area (Å²) in [7, 11) is 0. The molecule has 2 unspecified atom stereocenters. The molecule has 10 rings (SSSR count). The predicted octanol–water partition coefficient (Wildman–Crippen LogP) is 7.36. The number of aromatic nitrogens is 9. The minimum Gasteiger partial charge on any atom is -0.356 e. The highest BCUT2D eigenvalue weighted by Gasteiger charge is 2.30. The lowest BCUT2D eigenvalue weighted by Crippen LogP contribution is -2.35. The second kappa shape index (κ2) is 22.4. The first-order chi connectivity index (χ1) is 33.7. The summed E-state index contributed by atoms with van der Waals surface area (Å²) in [5.41, 5.74) is 12.1. The number of nitrogens with zero attached hydrogens (tertiary/aromatic N) is 12. The number of pyridine rings is 3. The van der Waals surface area contributed by atoms with Crippen molar-refractivity contribution in [3.63, 3.8) is 0 Å². The SMILES string of the molecule is c1ccc(-n2cc(CN(CCCCNCc3cccc(-c4cnc5c(c4)CCCC5N(CCCCNC4=NCCN4)Cc4cn(-c5ccccc5)nn4)n3)C3CCCc4cccnc43)nn2)cc1. The third kappa shape index (κ3) is 11.4. The number of aryl methyl sites for hydroxylation is 2. The number of benzene rings is 2. The van der Waals surface area contributed by atoms with Crippen molar-refractivity contribution < 1.29 is 0 Å². The van der Waals surface area contributed by atoms with Gasteiger partial charge in [0.2, 0.25) is 0 Å². The third-order valence-electron chi connectivity index (χ3n) is 13.4. The summed E-state index contributed by atoms with van der Waals surface area (Å²) in [4.78, 5) is 24.9. The Morgan fingerprint density at radius 1 is 0.647 bits per heavy atom. The normalized spacial score (nSPS) is 16.6. The van der Waals surface area contributed by atoms with Crippen LogP contribution in [0.25, 0.3) is 22.6 Å². The van der Waals surface area contributed by atoms with Crippen LogP contribution in [0.1, 0.15) is 103 Å². The van der Waals surface area contributed by atoms with Gasteiger partial charge in [-0.25, -0.2) is 9.36 Å². The predicted molar refractivity (Wildman–Crippen MR) is 265 cm³/mol. The number of hydrogen-bond donors (Lipinski definition) is 3. The van der Waals surface area contributed by atoms with E-state index in [9.17, 15) is 0 Å². The maximum atomic E-state index is 5.22. The molecule has 0 amide bonds. The number of fused-ring (bicyclic) bond motifs is 2. The molecular weight excluding hydrogens is 847 g/mol. The number of unbranched alkanes of at least 4 members (excludes halogenated alkanes) is 2. The number of guanidine groups is 1. The molecule has 0 spiro atoms. The first-order valence-corrected chi connectivity index (χ1v) is 24.7. The molecule has 3 N–H and O–H groups in total. The van der Waals surface area contributed by atoms with E-state index in [-0.39, 0.29) is 12.1 Å².